The summed E-state index contributed by atoms with van der Waals surface area (Å²) in [5, 5.41) is 2.91. The standard InChI is InChI=1S/C31H36N4O6/c1-40-20-27(37)33-14-10-21(11-15-33)29(38)34-16-12-31-24-8-2-3-9-25(24)35(30(31)39)19-26(36)32-13-5-17-41-23-7-4-6-22(18-23)28(31)34/h2-4,6-9,18,21,28H,5,10-17,19-20H2,1H3,(H,32,36)/t28-,31+/m0/s1. The number of likely N-dealkylation sites (tertiary alicyclic amines) is 2. The number of carbonyl (C=O) groups is 4. The van der Waals surface area contributed by atoms with Gasteiger partial charge in [-0.25, -0.2) is 0 Å². The fourth-order valence-corrected chi connectivity index (χ4v) is 7.03. The highest BCUT2D eigenvalue weighted by Crippen LogP contribution is 2.57. The third-order valence-electron chi connectivity index (χ3n) is 8.96. The molecule has 4 bridgehead atoms. The average molecular weight is 561 g/mol. The zero-order valence-electron chi connectivity index (χ0n) is 23.3. The molecule has 1 spiro atoms. The number of rotatable bonds is 3. The largest absolute Gasteiger partial charge is 0.494 e. The van der Waals surface area contributed by atoms with E-state index in [-0.39, 0.29) is 42.7 Å². The molecule has 10 heteroatoms. The number of anilines is 1. The van der Waals surface area contributed by atoms with Gasteiger partial charge >= 0.3 is 0 Å². The molecule has 0 radical (unpaired) electrons. The van der Waals surface area contributed by atoms with Gasteiger partial charge in [-0.3, -0.25) is 19.2 Å². The first-order valence-electron chi connectivity index (χ1n) is 14.4. The Balaban J connectivity index is 1.39. The van der Waals surface area contributed by atoms with Crippen LogP contribution in [0, 0.1) is 5.92 Å². The molecule has 2 saturated heterocycles. The summed E-state index contributed by atoms with van der Waals surface area (Å²) < 4.78 is 11.0. The fraction of sp³-hybridized carbons (Fsp3) is 0.484. The lowest BCUT2D eigenvalue weighted by Crippen LogP contribution is -2.49. The number of para-hydroxylation sites is 1. The predicted octanol–water partition coefficient (Wildman–Crippen LogP) is 2.03. The molecule has 2 aromatic carbocycles. The van der Waals surface area contributed by atoms with E-state index in [2.05, 4.69) is 5.32 Å². The summed E-state index contributed by atoms with van der Waals surface area (Å²) in [4.78, 5) is 59.2. The summed E-state index contributed by atoms with van der Waals surface area (Å²) in [6.07, 6.45) is 2.20. The molecule has 4 aliphatic heterocycles. The van der Waals surface area contributed by atoms with Crippen LogP contribution in [0.4, 0.5) is 5.69 Å². The summed E-state index contributed by atoms with van der Waals surface area (Å²) in [6, 6.07) is 14.8. The molecule has 6 rings (SSSR count). The number of ether oxygens (including phenoxy) is 2. The Hall–Kier alpha value is -3.92. The molecule has 4 heterocycles. The van der Waals surface area contributed by atoms with Crippen LogP contribution in [0.2, 0.25) is 0 Å². The number of benzene rings is 2. The van der Waals surface area contributed by atoms with Crippen LogP contribution in [0.3, 0.4) is 0 Å². The maximum absolute atomic E-state index is 14.5. The number of amides is 4. The molecule has 4 aliphatic rings. The minimum Gasteiger partial charge on any atom is -0.494 e. The molecule has 1 N–H and O–H groups in total. The molecule has 2 atom stereocenters. The lowest BCUT2D eigenvalue weighted by atomic mass is 9.72. The summed E-state index contributed by atoms with van der Waals surface area (Å²) in [5.41, 5.74) is 1.38. The van der Waals surface area contributed by atoms with Crippen molar-refractivity contribution in [1.29, 1.82) is 0 Å². The highest BCUT2D eigenvalue weighted by atomic mass is 16.5. The van der Waals surface area contributed by atoms with Gasteiger partial charge in [0, 0.05) is 44.9 Å². The number of hydrogen-bond acceptors (Lipinski definition) is 6. The number of piperidine rings is 1. The Bertz CT molecular complexity index is 1360. The number of methoxy groups -OCH3 is 1. The SMILES string of the molecule is COCC(=O)N1CCC(C(=O)N2CC[C@]34C(=O)N(CC(=O)NCCCOc5cccc(c5)[C@H]23)c2ccccc24)CC1. The van der Waals surface area contributed by atoms with E-state index in [4.69, 9.17) is 9.47 Å². The molecular weight excluding hydrogens is 524 g/mol. The minimum atomic E-state index is -1.02. The Morgan fingerprint density at radius 3 is 2.68 bits per heavy atom. The molecule has 0 unspecified atom stereocenters. The van der Waals surface area contributed by atoms with Gasteiger partial charge in [-0.2, -0.15) is 0 Å². The zero-order valence-corrected chi connectivity index (χ0v) is 23.3. The third kappa shape index (κ3) is 4.73. The van der Waals surface area contributed by atoms with Crippen LogP contribution in [0.1, 0.15) is 42.9 Å². The highest BCUT2D eigenvalue weighted by molar-refractivity contribution is 6.12. The van der Waals surface area contributed by atoms with E-state index < -0.39 is 11.5 Å². The first-order chi connectivity index (χ1) is 19.9. The molecule has 2 aromatic rings. The molecule has 2 fully saturated rings. The Morgan fingerprint density at radius 2 is 1.88 bits per heavy atom. The maximum atomic E-state index is 14.5. The van der Waals surface area contributed by atoms with Gasteiger partial charge in [0.25, 0.3) is 0 Å². The van der Waals surface area contributed by atoms with Crippen LogP contribution in [-0.4, -0.2) is 86.5 Å². The number of hydrogen-bond donors (Lipinski definition) is 1. The van der Waals surface area contributed by atoms with Gasteiger partial charge in [0.1, 0.15) is 24.3 Å². The van der Waals surface area contributed by atoms with Gasteiger partial charge in [-0.15, -0.1) is 0 Å². The van der Waals surface area contributed by atoms with Gasteiger partial charge < -0.3 is 29.5 Å². The number of nitrogens with zero attached hydrogens (tertiary/aromatic N) is 3. The second-order valence-electron chi connectivity index (χ2n) is 11.3. The van der Waals surface area contributed by atoms with Crippen molar-refractivity contribution in [1.82, 2.24) is 15.1 Å². The summed E-state index contributed by atoms with van der Waals surface area (Å²) in [5.74, 6) is -0.0346. The summed E-state index contributed by atoms with van der Waals surface area (Å²) in [6.45, 7) is 2.25. The summed E-state index contributed by atoms with van der Waals surface area (Å²) in [7, 11) is 1.50. The second kappa shape index (κ2) is 11.2. The molecule has 10 nitrogen and oxygen atoms in total. The molecule has 0 aromatic heterocycles. The normalized spacial score (nSPS) is 24.7. The second-order valence-corrected chi connectivity index (χ2v) is 11.3. The fourth-order valence-electron chi connectivity index (χ4n) is 7.03. The van der Waals surface area contributed by atoms with Crippen molar-refractivity contribution in [2.45, 2.75) is 37.1 Å². The Kier molecular flexibility index (Phi) is 7.42. The van der Waals surface area contributed by atoms with E-state index in [1.807, 2.05) is 53.4 Å². The summed E-state index contributed by atoms with van der Waals surface area (Å²) >= 11 is 0. The van der Waals surface area contributed by atoms with Crippen LogP contribution in [0.25, 0.3) is 0 Å². The quantitative estimate of drug-likeness (QED) is 0.616. The van der Waals surface area contributed by atoms with E-state index >= 15 is 0 Å². The van der Waals surface area contributed by atoms with Crippen LogP contribution >= 0.6 is 0 Å². The van der Waals surface area contributed by atoms with Gasteiger partial charge in [-0.1, -0.05) is 30.3 Å². The smallest absolute Gasteiger partial charge is 0.248 e. The van der Waals surface area contributed by atoms with Crippen LogP contribution < -0.4 is 15.0 Å². The first kappa shape index (κ1) is 27.3. The molecule has 0 aliphatic carbocycles. The average Bonchev–Trinajstić information content (AvgIpc) is 3.50. The van der Waals surface area contributed by atoms with Gasteiger partial charge in [0.05, 0.1) is 12.6 Å². The number of nitrogens with one attached hydrogen (secondary N) is 1. The van der Waals surface area contributed by atoms with Crippen molar-refractivity contribution in [3.8, 4) is 5.75 Å². The van der Waals surface area contributed by atoms with Crippen LogP contribution in [-0.2, 0) is 29.3 Å². The van der Waals surface area contributed by atoms with E-state index in [0.29, 0.717) is 64.2 Å². The molecule has 4 amide bonds. The molecule has 0 saturated carbocycles. The molecular formula is C31H36N4O6. The van der Waals surface area contributed by atoms with Crippen LogP contribution in [0.15, 0.2) is 48.5 Å². The number of carbonyl (C=O) groups excluding carboxylic acids is 4. The number of fused-ring (bicyclic) bond motifs is 6. The van der Waals surface area contributed by atoms with Crippen molar-refractivity contribution in [2.75, 3.05) is 57.9 Å². The van der Waals surface area contributed by atoms with E-state index in [0.717, 1.165) is 16.8 Å². The van der Waals surface area contributed by atoms with Crippen molar-refractivity contribution in [3.63, 3.8) is 0 Å². The molecule has 216 valence electrons. The van der Waals surface area contributed by atoms with Gasteiger partial charge in [-0.05, 0) is 55.0 Å². The Labute approximate surface area is 239 Å². The first-order valence-corrected chi connectivity index (χ1v) is 14.4. The van der Waals surface area contributed by atoms with E-state index in [1.165, 1.54) is 7.11 Å². The molecule has 41 heavy (non-hydrogen) atoms. The lowest BCUT2D eigenvalue weighted by Gasteiger charge is -2.38. The third-order valence-corrected chi connectivity index (χ3v) is 8.96. The predicted molar refractivity (Wildman–Crippen MR) is 150 cm³/mol. The topological polar surface area (TPSA) is 108 Å². The minimum absolute atomic E-state index is 0.000345. The van der Waals surface area contributed by atoms with Crippen molar-refractivity contribution >= 4 is 29.3 Å². The van der Waals surface area contributed by atoms with E-state index in [1.54, 1.807) is 9.80 Å². The van der Waals surface area contributed by atoms with Gasteiger partial charge in [0.15, 0.2) is 0 Å². The zero-order chi connectivity index (χ0) is 28.6. The highest BCUT2D eigenvalue weighted by Gasteiger charge is 2.62. The van der Waals surface area contributed by atoms with Crippen molar-refractivity contribution < 1.29 is 28.7 Å². The van der Waals surface area contributed by atoms with Crippen LogP contribution in [0.5, 0.6) is 5.75 Å². The monoisotopic (exact) mass is 560 g/mol. The van der Waals surface area contributed by atoms with Gasteiger partial charge in [0.2, 0.25) is 23.6 Å². The maximum Gasteiger partial charge on any atom is 0.248 e. The lowest BCUT2D eigenvalue weighted by molar-refractivity contribution is -0.143. The van der Waals surface area contributed by atoms with Crippen molar-refractivity contribution in [3.05, 3.63) is 59.7 Å². The van der Waals surface area contributed by atoms with E-state index in [9.17, 15) is 19.2 Å². The Morgan fingerprint density at radius 1 is 1.07 bits per heavy atom. The van der Waals surface area contributed by atoms with Crippen molar-refractivity contribution in [2.24, 2.45) is 5.92 Å².